The molecular formula is C25H17ClN2. The SMILES string of the molecule is C=C1c2ccccc2-c2cc(Cl)ncc2N1c1cccc(-c2ccccc2)c1. The van der Waals surface area contributed by atoms with Crippen LogP contribution in [0.3, 0.4) is 0 Å². The van der Waals surface area contributed by atoms with Gasteiger partial charge >= 0.3 is 0 Å². The molecule has 1 aliphatic heterocycles. The van der Waals surface area contributed by atoms with Crippen molar-refractivity contribution in [1.29, 1.82) is 0 Å². The number of anilines is 2. The summed E-state index contributed by atoms with van der Waals surface area (Å²) in [7, 11) is 0. The van der Waals surface area contributed by atoms with Crippen molar-refractivity contribution in [2.45, 2.75) is 0 Å². The summed E-state index contributed by atoms with van der Waals surface area (Å²) in [6.45, 7) is 4.40. The Hall–Kier alpha value is -3.36. The monoisotopic (exact) mass is 380 g/mol. The van der Waals surface area contributed by atoms with E-state index in [1.165, 1.54) is 5.56 Å². The van der Waals surface area contributed by atoms with Crippen LogP contribution in [0, 0.1) is 0 Å². The number of rotatable bonds is 2. The number of hydrogen-bond acceptors (Lipinski definition) is 2. The van der Waals surface area contributed by atoms with Gasteiger partial charge in [-0.25, -0.2) is 4.98 Å². The van der Waals surface area contributed by atoms with E-state index in [4.69, 9.17) is 11.6 Å². The predicted molar refractivity (Wildman–Crippen MR) is 118 cm³/mol. The third-order valence-electron chi connectivity index (χ3n) is 5.10. The Balaban J connectivity index is 1.70. The first kappa shape index (κ1) is 16.8. The number of aromatic nitrogens is 1. The summed E-state index contributed by atoms with van der Waals surface area (Å²) in [6, 6.07) is 29.1. The number of halogens is 1. The predicted octanol–water partition coefficient (Wildman–Crippen LogP) is 7.19. The Morgan fingerprint density at radius 1 is 0.714 bits per heavy atom. The zero-order valence-corrected chi connectivity index (χ0v) is 15.9. The fourth-order valence-corrected chi connectivity index (χ4v) is 3.96. The van der Waals surface area contributed by atoms with Crippen LogP contribution in [0.1, 0.15) is 5.56 Å². The van der Waals surface area contributed by atoms with Gasteiger partial charge in [0.15, 0.2) is 0 Å². The number of pyridine rings is 1. The van der Waals surface area contributed by atoms with Crippen molar-refractivity contribution < 1.29 is 0 Å². The molecule has 1 aromatic heterocycles. The number of nitrogens with zero attached hydrogens (tertiary/aromatic N) is 2. The first-order valence-electron chi connectivity index (χ1n) is 9.12. The molecule has 4 aromatic rings. The molecule has 28 heavy (non-hydrogen) atoms. The van der Waals surface area contributed by atoms with Crippen LogP contribution in [0.4, 0.5) is 11.4 Å². The Bertz CT molecular complexity index is 1200. The molecule has 0 radical (unpaired) electrons. The molecule has 0 fully saturated rings. The molecule has 0 saturated carbocycles. The zero-order chi connectivity index (χ0) is 19.1. The first-order valence-corrected chi connectivity index (χ1v) is 9.50. The van der Waals surface area contributed by atoms with Gasteiger partial charge in [-0.2, -0.15) is 0 Å². The van der Waals surface area contributed by atoms with Crippen LogP contribution in [0.15, 0.2) is 97.7 Å². The minimum atomic E-state index is 0.485. The molecule has 5 rings (SSSR count). The molecule has 2 nitrogen and oxygen atoms in total. The molecule has 2 heterocycles. The summed E-state index contributed by atoms with van der Waals surface area (Å²) in [5.74, 6) is 0. The summed E-state index contributed by atoms with van der Waals surface area (Å²) < 4.78 is 0. The van der Waals surface area contributed by atoms with Crippen molar-refractivity contribution in [3.05, 3.63) is 108 Å². The Kier molecular flexibility index (Phi) is 4.00. The van der Waals surface area contributed by atoms with Gasteiger partial charge in [0.25, 0.3) is 0 Å². The number of benzene rings is 3. The summed E-state index contributed by atoms with van der Waals surface area (Å²) in [5, 5.41) is 0.485. The summed E-state index contributed by atoms with van der Waals surface area (Å²) in [4.78, 5) is 6.50. The average Bonchev–Trinajstić information content (AvgIpc) is 2.75. The third kappa shape index (κ3) is 2.70. The maximum absolute atomic E-state index is 6.23. The van der Waals surface area contributed by atoms with E-state index in [2.05, 4.69) is 77.1 Å². The molecule has 134 valence electrons. The number of fused-ring (bicyclic) bond motifs is 3. The lowest BCUT2D eigenvalue weighted by Crippen LogP contribution is -2.20. The van der Waals surface area contributed by atoms with E-state index < -0.39 is 0 Å². The van der Waals surface area contributed by atoms with Crippen molar-refractivity contribution in [3.63, 3.8) is 0 Å². The third-order valence-corrected chi connectivity index (χ3v) is 5.31. The second kappa shape index (κ2) is 6.66. The summed E-state index contributed by atoms with van der Waals surface area (Å²) >= 11 is 6.23. The van der Waals surface area contributed by atoms with E-state index in [0.29, 0.717) is 5.15 Å². The van der Waals surface area contributed by atoms with Crippen molar-refractivity contribution in [2.75, 3.05) is 4.90 Å². The molecule has 0 atom stereocenters. The maximum atomic E-state index is 6.23. The van der Waals surface area contributed by atoms with Crippen LogP contribution in [0.5, 0.6) is 0 Å². The molecular weight excluding hydrogens is 364 g/mol. The van der Waals surface area contributed by atoms with Gasteiger partial charge in [-0.15, -0.1) is 0 Å². The van der Waals surface area contributed by atoms with Crippen LogP contribution in [-0.4, -0.2) is 4.98 Å². The molecule has 3 aromatic carbocycles. The zero-order valence-electron chi connectivity index (χ0n) is 15.1. The van der Waals surface area contributed by atoms with E-state index in [1.807, 2.05) is 30.5 Å². The van der Waals surface area contributed by atoms with Gasteiger partial charge in [-0.1, -0.05) is 84.9 Å². The summed E-state index contributed by atoms with van der Waals surface area (Å²) in [5.41, 5.74) is 8.59. The Labute approximate surface area is 169 Å². The van der Waals surface area contributed by atoms with Crippen LogP contribution >= 0.6 is 11.6 Å². The molecule has 0 spiro atoms. The normalized spacial score (nSPS) is 12.5. The van der Waals surface area contributed by atoms with Gasteiger partial charge in [-0.05, 0) is 34.9 Å². The van der Waals surface area contributed by atoms with Crippen molar-refractivity contribution in [1.82, 2.24) is 4.98 Å². The van der Waals surface area contributed by atoms with Gasteiger partial charge in [0.2, 0.25) is 0 Å². The highest BCUT2D eigenvalue weighted by Gasteiger charge is 2.27. The topological polar surface area (TPSA) is 16.1 Å². The molecule has 0 aliphatic carbocycles. The lowest BCUT2D eigenvalue weighted by Gasteiger charge is -2.34. The van der Waals surface area contributed by atoms with Crippen LogP contribution in [-0.2, 0) is 0 Å². The van der Waals surface area contributed by atoms with E-state index in [1.54, 1.807) is 0 Å². The van der Waals surface area contributed by atoms with Gasteiger partial charge in [-0.3, -0.25) is 0 Å². The fraction of sp³-hybridized carbons (Fsp3) is 0. The minimum absolute atomic E-state index is 0.485. The quantitative estimate of drug-likeness (QED) is 0.342. The van der Waals surface area contributed by atoms with Crippen molar-refractivity contribution in [3.8, 4) is 22.3 Å². The van der Waals surface area contributed by atoms with Gasteiger partial charge in [0, 0.05) is 22.5 Å². The van der Waals surface area contributed by atoms with E-state index in [-0.39, 0.29) is 0 Å². The lowest BCUT2D eigenvalue weighted by atomic mass is 9.92. The summed E-state index contributed by atoms with van der Waals surface area (Å²) in [6.07, 6.45) is 1.83. The van der Waals surface area contributed by atoms with Crippen molar-refractivity contribution in [2.24, 2.45) is 0 Å². The Morgan fingerprint density at radius 2 is 1.43 bits per heavy atom. The second-order valence-corrected chi connectivity index (χ2v) is 7.16. The fourth-order valence-electron chi connectivity index (χ4n) is 3.80. The second-order valence-electron chi connectivity index (χ2n) is 6.77. The van der Waals surface area contributed by atoms with Crippen LogP contribution in [0.2, 0.25) is 5.15 Å². The van der Waals surface area contributed by atoms with Gasteiger partial charge in [0.05, 0.1) is 11.9 Å². The molecule has 0 amide bonds. The molecule has 0 bridgehead atoms. The lowest BCUT2D eigenvalue weighted by molar-refractivity contribution is 1.22. The molecule has 0 saturated heterocycles. The number of hydrogen-bond donors (Lipinski definition) is 0. The minimum Gasteiger partial charge on any atom is -0.308 e. The Morgan fingerprint density at radius 3 is 2.25 bits per heavy atom. The van der Waals surface area contributed by atoms with Crippen molar-refractivity contribution >= 4 is 28.7 Å². The average molecular weight is 381 g/mol. The molecule has 3 heteroatoms. The van der Waals surface area contributed by atoms with Crippen LogP contribution in [0.25, 0.3) is 28.0 Å². The highest BCUT2D eigenvalue weighted by atomic mass is 35.5. The highest BCUT2D eigenvalue weighted by Crippen LogP contribution is 2.47. The van der Waals surface area contributed by atoms with Gasteiger partial charge < -0.3 is 4.90 Å². The van der Waals surface area contributed by atoms with Crippen LogP contribution < -0.4 is 4.90 Å². The molecule has 1 aliphatic rings. The van der Waals surface area contributed by atoms with E-state index in [9.17, 15) is 0 Å². The molecule has 0 N–H and O–H groups in total. The van der Waals surface area contributed by atoms with Gasteiger partial charge in [0.1, 0.15) is 5.15 Å². The molecule has 0 unspecified atom stereocenters. The maximum Gasteiger partial charge on any atom is 0.129 e. The largest absolute Gasteiger partial charge is 0.308 e. The first-order chi connectivity index (χ1) is 13.7. The van der Waals surface area contributed by atoms with E-state index >= 15 is 0 Å². The highest BCUT2D eigenvalue weighted by molar-refractivity contribution is 6.30. The smallest absolute Gasteiger partial charge is 0.129 e. The standard InChI is InChI=1S/C25H17ClN2/c1-17-21-12-5-6-13-22(21)23-15-25(26)27-16-24(23)28(17)20-11-7-10-19(14-20)18-8-3-2-4-9-18/h2-16H,1H2. The van der Waals surface area contributed by atoms with E-state index in [0.717, 1.165) is 39.3 Å².